The number of hydrogen-bond acceptors (Lipinski definition) is 3. The molecule has 0 aliphatic carbocycles. The summed E-state index contributed by atoms with van der Waals surface area (Å²) in [7, 11) is 0. The molecular weight excluding hydrogens is 280 g/mol. The molecule has 1 unspecified atom stereocenters. The lowest BCUT2D eigenvalue weighted by atomic mass is 10.1. The number of carbonyl (C=O) groups is 1. The fourth-order valence-electron chi connectivity index (χ4n) is 2.51. The van der Waals surface area contributed by atoms with Gasteiger partial charge in [0.25, 0.3) is 0 Å². The number of carbonyl (C=O) groups excluding carboxylic acids is 1. The first-order chi connectivity index (χ1) is 10.1. The summed E-state index contributed by atoms with van der Waals surface area (Å²) in [6.07, 6.45) is 1.72. The number of thioether (sulfide) groups is 1. The summed E-state index contributed by atoms with van der Waals surface area (Å²) in [4.78, 5) is 13.4. The zero-order chi connectivity index (χ0) is 14.8. The van der Waals surface area contributed by atoms with Crippen molar-refractivity contribution in [3.05, 3.63) is 53.6 Å². The van der Waals surface area contributed by atoms with Crippen molar-refractivity contribution in [3.8, 4) is 0 Å². The van der Waals surface area contributed by atoms with Gasteiger partial charge in [-0.25, -0.2) is 0 Å². The van der Waals surface area contributed by atoms with E-state index in [1.807, 2.05) is 43.3 Å². The SMILES string of the molecule is Cc1cccc(SC2CCc3ccccc3NC2=O)c1N. The number of nitrogens with two attached hydrogens (primary N) is 1. The Morgan fingerprint density at radius 2 is 2.00 bits per heavy atom. The number of para-hydroxylation sites is 2. The fourth-order valence-corrected chi connectivity index (χ4v) is 3.67. The van der Waals surface area contributed by atoms with E-state index in [9.17, 15) is 4.79 Å². The largest absolute Gasteiger partial charge is 0.398 e. The Bertz CT molecular complexity index is 684. The van der Waals surface area contributed by atoms with Crippen LogP contribution in [0.2, 0.25) is 0 Å². The summed E-state index contributed by atoms with van der Waals surface area (Å²) < 4.78 is 0. The third-order valence-electron chi connectivity index (χ3n) is 3.80. The van der Waals surface area contributed by atoms with Gasteiger partial charge < -0.3 is 11.1 Å². The molecule has 0 bridgehead atoms. The lowest BCUT2D eigenvalue weighted by molar-refractivity contribution is -0.115. The lowest BCUT2D eigenvalue weighted by Crippen LogP contribution is -2.23. The van der Waals surface area contributed by atoms with Crippen LogP contribution in [0.25, 0.3) is 0 Å². The number of amides is 1. The van der Waals surface area contributed by atoms with Crippen LogP contribution in [0, 0.1) is 6.92 Å². The highest BCUT2D eigenvalue weighted by Gasteiger charge is 2.25. The molecule has 21 heavy (non-hydrogen) atoms. The Labute approximate surface area is 128 Å². The summed E-state index contributed by atoms with van der Waals surface area (Å²) in [6.45, 7) is 1.99. The van der Waals surface area contributed by atoms with Crippen LogP contribution in [0.4, 0.5) is 11.4 Å². The number of nitrogens with one attached hydrogen (secondary N) is 1. The molecule has 0 saturated carbocycles. The minimum atomic E-state index is -0.110. The van der Waals surface area contributed by atoms with Crippen LogP contribution in [-0.2, 0) is 11.2 Å². The Hall–Kier alpha value is -1.94. The quantitative estimate of drug-likeness (QED) is 0.833. The van der Waals surface area contributed by atoms with Gasteiger partial charge in [-0.05, 0) is 43.0 Å². The summed E-state index contributed by atoms with van der Waals surface area (Å²) in [5.41, 5.74) is 10.1. The van der Waals surface area contributed by atoms with Crippen molar-refractivity contribution in [3.63, 3.8) is 0 Å². The maximum absolute atomic E-state index is 12.4. The molecule has 0 saturated heterocycles. The van der Waals surface area contributed by atoms with Crippen LogP contribution < -0.4 is 11.1 Å². The predicted octanol–water partition coefficient (Wildman–Crippen LogP) is 3.62. The van der Waals surface area contributed by atoms with Gasteiger partial charge in [0.15, 0.2) is 0 Å². The molecule has 3 nitrogen and oxygen atoms in total. The van der Waals surface area contributed by atoms with Crippen LogP contribution in [0.1, 0.15) is 17.5 Å². The van der Waals surface area contributed by atoms with Gasteiger partial charge in [0, 0.05) is 16.3 Å². The third-order valence-corrected chi connectivity index (χ3v) is 5.14. The second-order valence-corrected chi connectivity index (χ2v) is 6.52. The van der Waals surface area contributed by atoms with Gasteiger partial charge in [0.1, 0.15) is 0 Å². The average molecular weight is 298 g/mol. The van der Waals surface area contributed by atoms with E-state index in [0.29, 0.717) is 0 Å². The van der Waals surface area contributed by atoms with Gasteiger partial charge >= 0.3 is 0 Å². The molecule has 0 spiro atoms. The fraction of sp³-hybridized carbons (Fsp3) is 0.235. The van der Waals surface area contributed by atoms with E-state index in [1.54, 1.807) is 11.8 Å². The van der Waals surface area contributed by atoms with Crippen molar-refractivity contribution in [1.82, 2.24) is 0 Å². The molecule has 2 aromatic rings. The highest BCUT2D eigenvalue weighted by atomic mass is 32.2. The van der Waals surface area contributed by atoms with Gasteiger partial charge in [-0.3, -0.25) is 4.79 Å². The summed E-state index contributed by atoms with van der Waals surface area (Å²) in [6, 6.07) is 13.9. The van der Waals surface area contributed by atoms with E-state index in [2.05, 4.69) is 11.4 Å². The van der Waals surface area contributed by atoms with Gasteiger partial charge in [-0.2, -0.15) is 0 Å². The second-order valence-electron chi connectivity index (χ2n) is 5.28. The van der Waals surface area contributed by atoms with Crippen LogP contribution in [-0.4, -0.2) is 11.2 Å². The maximum Gasteiger partial charge on any atom is 0.237 e. The first kappa shape index (κ1) is 14.0. The van der Waals surface area contributed by atoms with Crippen LogP contribution in [0.3, 0.4) is 0 Å². The lowest BCUT2D eigenvalue weighted by Gasteiger charge is -2.15. The minimum Gasteiger partial charge on any atom is -0.398 e. The Kier molecular flexibility index (Phi) is 3.88. The van der Waals surface area contributed by atoms with E-state index < -0.39 is 0 Å². The van der Waals surface area contributed by atoms with Crippen molar-refractivity contribution in [2.24, 2.45) is 0 Å². The van der Waals surface area contributed by atoms with E-state index in [1.165, 1.54) is 5.56 Å². The van der Waals surface area contributed by atoms with E-state index >= 15 is 0 Å². The van der Waals surface area contributed by atoms with Crippen LogP contribution in [0.15, 0.2) is 47.4 Å². The molecule has 0 radical (unpaired) electrons. The van der Waals surface area contributed by atoms with Crippen LogP contribution in [0.5, 0.6) is 0 Å². The highest BCUT2D eigenvalue weighted by Crippen LogP contribution is 2.35. The molecule has 108 valence electrons. The number of fused-ring (bicyclic) bond motifs is 1. The van der Waals surface area contributed by atoms with Crippen LogP contribution >= 0.6 is 11.8 Å². The molecule has 1 heterocycles. The first-order valence-electron chi connectivity index (χ1n) is 7.05. The van der Waals surface area contributed by atoms with Crippen molar-refractivity contribution < 1.29 is 4.79 Å². The Morgan fingerprint density at radius 1 is 1.19 bits per heavy atom. The molecule has 1 aliphatic rings. The molecule has 3 rings (SSSR count). The van der Waals surface area contributed by atoms with Gasteiger partial charge in [0.05, 0.1) is 5.25 Å². The second kappa shape index (κ2) is 5.82. The molecule has 4 heteroatoms. The zero-order valence-electron chi connectivity index (χ0n) is 11.9. The smallest absolute Gasteiger partial charge is 0.237 e. The number of nitrogen functional groups attached to an aromatic ring is 1. The van der Waals surface area contributed by atoms with Gasteiger partial charge in [-0.15, -0.1) is 11.8 Å². The zero-order valence-corrected chi connectivity index (χ0v) is 12.7. The molecule has 0 aromatic heterocycles. The van der Waals surface area contributed by atoms with Crippen molar-refractivity contribution in [1.29, 1.82) is 0 Å². The summed E-state index contributed by atoms with van der Waals surface area (Å²) in [5, 5.41) is 2.92. The number of benzene rings is 2. The standard InChI is InChI=1S/C17H18N2OS/c1-11-5-4-8-14(16(11)18)21-15-10-9-12-6-2-3-7-13(12)19-17(15)20/h2-8,15H,9-10,18H2,1H3,(H,19,20). The molecular formula is C17H18N2OS. The normalized spacial score (nSPS) is 17.8. The monoisotopic (exact) mass is 298 g/mol. The van der Waals surface area contributed by atoms with E-state index in [4.69, 9.17) is 5.73 Å². The Morgan fingerprint density at radius 3 is 2.86 bits per heavy atom. The number of aryl methyl sites for hydroxylation is 2. The Balaban J connectivity index is 1.82. The minimum absolute atomic E-state index is 0.0610. The molecule has 1 aliphatic heterocycles. The van der Waals surface area contributed by atoms with E-state index in [0.717, 1.165) is 34.7 Å². The van der Waals surface area contributed by atoms with Crippen molar-refractivity contribution in [2.75, 3.05) is 11.1 Å². The van der Waals surface area contributed by atoms with E-state index in [-0.39, 0.29) is 11.2 Å². The highest BCUT2D eigenvalue weighted by molar-refractivity contribution is 8.00. The third kappa shape index (κ3) is 2.90. The summed E-state index contributed by atoms with van der Waals surface area (Å²) in [5.74, 6) is 0.0610. The number of anilines is 2. The average Bonchev–Trinajstić information content (AvgIpc) is 2.63. The van der Waals surface area contributed by atoms with Crippen molar-refractivity contribution in [2.45, 2.75) is 29.9 Å². The topological polar surface area (TPSA) is 55.1 Å². The number of rotatable bonds is 2. The summed E-state index contributed by atoms with van der Waals surface area (Å²) >= 11 is 1.56. The molecule has 3 N–H and O–H groups in total. The predicted molar refractivity (Wildman–Crippen MR) is 88.6 cm³/mol. The maximum atomic E-state index is 12.4. The first-order valence-corrected chi connectivity index (χ1v) is 7.93. The molecule has 1 amide bonds. The number of hydrogen-bond donors (Lipinski definition) is 2. The van der Waals surface area contributed by atoms with Gasteiger partial charge in [0.2, 0.25) is 5.91 Å². The van der Waals surface area contributed by atoms with Crippen molar-refractivity contribution >= 4 is 29.0 Å². The van der Waals surface area contributed by atoms with Gasteiger partial charge in [-0.1, -0.05) is 30.3 Å². The molecule has 0 fully saturated rings. The molecule has 1 atom stereocenters. The molecule has 2 aromatic carbocycles.